The lowest BCUT2D eigenvalue weighted by atomic mass is 10.0. The summed E-state index contributed by atoms with van der Waals surface area (Å²) in [5, 5.41) is 10.9. The van der Waals surface area contributed by atoms with Crippen molar-refractivity contribution < 1.29 is 4.79 Å². The molecule has 0 saturated carbocycles. The molecule has 7 heteroatoms. The Morgan fingerprint density at radius 2 is 2.00 bits per heavy atom. The molecule has 1 amide bonds. The highest BCUT2D eigenvalue weighted by Crippen LogP contribution is 2.20. The molecule has 1 fully saturated rings. The SMILES string of the molecule is CC1CCNC1C(=O)Nc1cccc2c(=O)[nH][nH]c(=O)c12. The van der Waals surface area contributed by atoms with Gasteiger partial charge in [0, 0.05) is 0 Å². The van der Waals surface area contributed by atoms with Gasteiger partial charge < -0.3 is 10.6 Å². The van der Waals surface area contributed by atoms with Crippen molar-refractivity contribution in [3.05, 3.63) is 38.9 Å². The monoisotopic (exact) mass is 288 g/mol. The number of benzene rings is 1. The van der Waals surface area contributed by atoms with Gasteiger partial charge in [0.25, 0.3) is 11.1 Å². The van der Waals surface area contributed by atoms with Crippen molar-refractivity contribution >= 4 is 22.4 Å². The van der Waals surface area contributed by atoms with Crippen molar-refractivity contribution in [3.63, 3.8) is 0 Å². The summed E-state index contributed by atoms with van der Waals surface area (Å²) in [4.78, 5) is 35.9. The number of carbonyl (C=O) groups is 1. The highest BCUT2D eigenvalue weighted by atomic mass is 16.2. The largest absolute Gasteiger partial charge is 0.324 e. The van der Waals surface area contributed by atoms with E-state index in [1.54, 1.807) is 18.2 Å². The predicted molar refractivity (Wildman–Crippen MR) is 79.4 cm³/mol. The molecule has 110 valence electrons. The number of rotatable bonds is 2. The predicted octanol–water partition coefficient (Wildman–Crippen LogP) is 0.153. The van der Waals surface area contributed by atoms with Crippen molar-refractivity contribution in [3.8, 4) is 0 Å². The Balaban J connectivity index is 2.02. The number of hydrogen-bond acceptors (Lipinski definition) is 4. The molecule has 1 saturated heterocycles. The fourth-order valence-electron chi connectivity index (χ4n) is 2.73. The third-order valence-electron chi connectivity index (χ3n) is 3.90. The first kappa shape index (κ1) is 13.6. The molecule has 7 nitrogen and oxygen atoms in total. The van der Waals surface area contributed by atoms with Crippen LogP contribution in [0.1, 0.15) is 13.3 Å². The summed E-state index contributed by atoms with van der Waals surface area (Å²) in [6.45, 7) is 2.81. The fourth-order valence-corrected chi connectivity index (χ4v) is 2.73. The van der Waals surface area contributed by atoms with Gasteiger partial charge in [0.1, 0.15) is 0 Å². The summed E-state index contributed by atoms with van der Waals surface area (Å²) in [5.74, 6) is 0.0499. The number of aromatic amines is 2. The maximum absolute atomic E-state index is 12.3. The van der Waals surface area contributed by atoms with E-state index in [1.165, 1.54) is 0 Å². The van der Waals surface area contributed by atoms with Crippen molar-refractivity contribution in [2.75, 3.05) is 11.9 Å². The fraction of sp³-hybridized carbons (Fsp3) is 0.357. The average molecular weight is 288 g/mol. The number of hydrogen-bond donors (Lipinski definition) is 4. The molecule has 0 spiro atoms. The Bertz CT molecular complexity index is 808. The Labute approximate surface area is 119 Å². The van der Waals surface area contributed by atoms with E-state index in [1.807, 2.05) is 6.92 Å². The third-order valence-corrected chi connectivity index (χ3v) is 3.90. The van der Waals surface area contributed by atoms with E-state index in [4.69, 9.17) is 0 Å². The Morgan fingerprint density at radius 1 is 1.24 bits per heavy atom. The molecule has 4 N–H and O–H groups in total. The van der Waals surface area contributed by atoms with E-state index >= 15 is 0 Å². The smallest absolute Gasteiger partial charge is 0.272 e. The van der Waals surface area contributed by atoms with Crippen LogP contribution in [0.4, 0.5) is 5.69 Å². The van der Waals surface area contributed by atoms with Crippen LogP contribution in [0.25, 0.3) is 10.8 Å². The van der Waals surface area contributed by atoms with Gasteiger partial charge in [0.05, 0.1) is 22.5 Å². The first-order valence-electron chi connectivity index (χ1n) is 6.86. The van der Waals surface area contributed by atoms with Crippen LogP contribution >= 0.6 is 0 Å². The minimum absolute atomic E-state index is 0.188. The molecule has 2 aromatic rings. The molecule has 1 aliphatic rings. The van der Waals surface area contributed by atoms with Crippen LogP contribution in [-0.4, -0.2) is 28.7 Å². The molecule has 1 aliphatic heterocycles. The lowest BCUT2D eigenvalue weighted by molar-refractivity contribution is -0.118. The van der Waals surface area contributed by atoms with E-state index in [-0.39, 0.29) is 28.6 Å². The zero-order valence-corrected chi connectivity index (χ0v) is 11.5. The minimum atomic E-state index is -0.437. The first-order valence-corrected chi connectivity index (χ1v) is 6.86. The number of carbonyl (C=O) groups excluding carboxylic acids is 1. The summed E-state index contributed by atoms with van der Waals surface area (Å²) < 4.78 is 0. The van der Waals surface area contributed by atoms with Gasteiger partial charge in [-0.25, -0.2) is 0 Å². The van der Waals surface area contributed by atoms with E-state index in [2.05, 4.69) is 20.8 Å². The van der Waals surface area contributed by atoms with Crippen LogP contribution in [-0.2, 0) is 4.79 Å². The van der Waals surface area contributed by atoms with Gasteiger partial charge in [0.2, 0.25) is 5.91 Å². The first-order chi connectivity index (χ1) is 10.1. The summed E-state index contributed by atoms with van der Waals surface area (Å²) in [6, 6.07) is 4.53. The molecule has 21 heavy (non-hydrogen) atoms. The summed E-state index contributed by atoms with van der Waals surface area (Å²) >= 11 is 0. The topological polar surface area (TPSA) is 107 Å². The van der Waals surface area contributed by atoms with E-state index in [0.717, 1.165) is 13.0 Å². The second-order valence-electron chi connectivity index (χ2n) is 5.32. The van der Waals surface area contributed by atoms with Gasteiger partial charge in [-0.1, -0.05) is 13.0 Å². The zero-order chi connectivity index (χ0) is 15.0. The number of nitrogens with one attached hydrogen (secondary N) is 4. The van der Waals surface area contributed by atoms with Crippen LogP contribution in [0.5, 0.6) is 0 Å². The lowest BCUT2D eigenvalue weighted by Crippen LogP contribution is -2.39. The van der Waals surface area contributed by atoms with E-state index in [0.29, 0.717) is 5.69 Å². The van der Waals surface area contributed by atoms with Crippen LogP contribution in [0.3, 0.4) is 0 Å². The Morgan fingerprint density at radius 3 is 2.71 bits per heavy atom. The number of amides is 1. The Hall–Kier alpha value is -2.41. The van der Waals surface area contributed by atoms with Crippen LogP contribution in [0, 0.1) is 5.92 Å². The number of aromatic nitrogens is 2. The maximum Gasteiger partial charge on any atom is 0.272 e. The number of anilines is 1. The molecule has 2 unspecified atom stereocenters. The summed E-state index contributed by atoms with van der Waals surface area (Å²) in [6.07, 6.45) is 0.938. The molecule has 2 heterocycles. The van der Waals surface area contributed by atoms with Gasteiger partial charge in [-0.05, 0) is 31.0 Å². The lowest BCUT2D eigenvalue weighted by Gasteiger charge is -2.16. The third kappa shape index (κ3) is 2.36. The van der Waals surface area contributed by atoms with Crippen molar-refractivity contribution in [1.82, 2.24) is 15.5 Å². The molecule has 1 aromatic heterocycles. The molecule has 0 radical (unpaired) electrons. The summed E-state index contributed by atoms with van der Waals surface area (Å²) in [7, 11) is 0. The number of H-pyrrole nitrogens is 2. The normalized spacial score (nSPS) is 21.6. The van der Waals surface area contributed by atoms with E-state index in [9.17, 15) is 14.4 Å². The van der Waals surface area contributed by atoms with Crippen molar-refractivity contribution in [2.45, 2.75) is 19.4 Å². The quantitative estimate of drug-likeness (QED) is 0.631. The zero-order valence-electron chi connectivity index (χ0n) is 11.5. The molecule has 1 aromatic carbocycles. The number of fused-ring (bicyclic) bond motifs is 1. The van der Waals surface area contributed by atoms with Gasteiger partial charge in [-0.2, -0.15) is 0 Å². The van der Waals surface area contributed by atoms with Gasteiger partial charge in [0.15, 0.2) is 0 Å². The van der Waals surface area contributed by atoms with Gasteiger partial charge in [-0.3, -0.25) is 24.6 Å². The molecule has 2 atom stereocenters. The molecular weight excluding hydrogens is 272 g/mol. The second kappa shape index (κ2) is 5.17. The Kier molecular flexibility index (Phi) is 3.34. The highest BCUT2D eigenvalue weighted by molar-refractivity contribution is 6.03. The molecule has 0 aliphatic carbocycles. The summed E-state index contributed by atoms with van der Waals surface area (Å²) in [5.41, 5.74) is -0.480. The van der Waals surface area contributed by atoms with E-state index < -0.39 is 11.1 Å². The van der Waals surface area contributed by atoms with Crippen LogP contribution in [0.2, 0.25) is 0 Å². The van der Waals surface area contributed by atoms with Gasteiger partial charge in [-0.15, -0.1) is 0 Å². The van der Waals surface area contributed by atoms with Gasteiger partial charge >= 0.3 is 0 Å². The van der Waals surface area contributed by atoms with Crippen LogP contribution in [0.15, 0.2) is 27.8 Å². The van der Waals surface area contributed by atoms with Crippen molar-refractivity contribution in [2.24, 2.45) is 5.92 Å². The minimum Gasteiger partial charge on any atom is -0.324 e. The highest BCUT2D eigenvalue weighted by Gasteiger charge is 2.29. The standard InChI is InChI=1S/C14H16N4O3/c1-7-5-6-15-11(7)14(21)16-9-4-2-3-8-10(9)13(20)18-17-12(8)19/h2-4,7,11,15H,5-6H2,1H3,(H,16,21)(H,17,19)(H,18,20). The maximum atomic E-state index is 12.3. The average Bonchev–Trinajstić information content (AvgIpc) is 2.89. The molecule has 3 rings (SSSR count). The second-order valence-corrected chi connectivity index (χ2v) is 5.32. The van der Waals surface area contributed by atoms with Crippen LogP contribution < -0.4 is 21.8 Å². The molecule has 0 bridgehead atoms. The van der Waals surface area contributed by atoms with Crippen molar-refractivity contribution in [1.29, 1.82) is 0 Å². The molecular formula is C14H16N4O3.